The summed E-state index contributed by atoms with van der Waals surface area (Å²) in [6.07, 6.45) is 4.56. The monoisotopic (exact) mass is 473 g/mol. The predicted octanol–water partition coefficient (Wildman–Crippen LogP) is 3.02. The number of benzene rings is 1. The molecule has 1 aromatic heterocycles. The summed E-state index contributed by atoms with van der Waals surface area (Å²) in [5, 5.41) is 9.76. The van der Waals surface area contributed by atoms with Crippen molar-refractivity contribution in [3.05, 3.63) is 40.5 Å². The quantitative estimate of drug-likeness (QED) is 0.673. The highest BCUT2D eigenvalue weighted by Gasteiger charge is 2.37. The van der Waals surface area contributed by atoms with Gasteiger partial charge in [-0.1, -0.05) is 15.9 Å². The fraction of sp³-hybridized carbons (Fsp3) is 0.429. The smallest absolute Gasteiger partial charge is 0.261 e. The molecule has 1 atom stereocenters. The fourth-order valence-electron chi connectivity index (χ4n) is 3.72. The lowest BCUT2D eigenvalue weighted by molar-refractivity contribution is -0.131. The SMILES string of the molecule is Cn1ncc(C(=O)Nc2ccc(Br)cc2)c1NC(=O)C[C@@H]1CCN(C(=O)C2CC2)C1. The van der Waals surface area contributed by atoms with Crippen molar-refractivity contribution in [1.82, 2.24) is 14.7 Å². The van der Waals surface area contributed by atoms with Crippen LogP contribution in [0.5, 0.6) is 0 Å². The number of likely N-dealkylation sites (tertiary alicyclic amines) is 1. The minimum absolute atomic E-state index is 0.140. The second-order valence-electron chi connectivity index (χ2n) is 7.96. The van der Waals surface area contributed by atoms with Gasteiger partial charge in [-0.15, -0.1) is 0 Å². The molecule has 1 saturated carbocycles. The van der Waals surface area contributed by atoms with Crippen molar-refractivity contribution in [3.63, 3.8) is 0 Å². The van der Waals surface area contributed by atoms with Crippen LogP contribution in [0.1, 0.15) is 36.0 Å². The molecule has 9 heteroatoms. The maximum absolute atomic E-state index is 12.7. The molecule has 0 spiro atoms. The van der Waals surface area contributed by atoms with Crippen molar-refractivity contribution in [2.45, 2.75) is 25.7 Å². The van der Waals surface area contributed by atoms with Crippen molar-refractivity contribution in [2.24, 2.45) is 18.9 Å². The highest BCUT2D eigenvalue weighted by atomic mass is 79.9. The Labute approximate surface area is 183 Å². The molecule has 158 valence electrons. The van der Waals surface area contributed by atoms with E-state index >= 15 is 0 Å². The third-order valence-corrected chi connectivity index (χ3v) is 6.07. The van der Waals surface area contributed by atoms with Gasteiger partial charge in [-0.3, -0.25) is 19.1 Å². The van der Waals surface area contributed by atoms with Crippen LogP contribution in [0, 0.1) is 11.8 Å². The second kappa shape index (κ2) is 8.59. The van der Waals surface area contributed by atoms with Crippen molar-refractivity contribution < 1.29 is 14.4 Å². The number of hydrogen-bond acceptors (Lipinski definition) is 4. The van der Waals surface area contributed by atoms with Crippen molar-refractivity contribution in [3.8, 4) is 0 Å². The van der Waals surface area contributed by atoms with Crippen LogP contribution < -0.4 is 10.6 Å². The van der Waals surface area contributed by atoms with E-state index in [0.29, 0.717) is 30.0 Å². The van der Waals surface area contributed by atoms with Crippen molar-refractivity contribution in [2.75, 3.05) is 23.7 Å². The van der Waals surface area contributed by atoms with Crippen molar-refractivity contribution in [1.29, 1.82) is 0 Å². The zero-order valence-electron chi connectivity index (χ0n) is 16.7. The molecule has 0 bridgehead atoms. The second-order valence-corrected chi connectivity index (χ2v) is 8.87. The Morgan fingerprint density at radius 2 is 1.87 bits per heavy atom. The number of anilines is 2. The minimum Gasteiger partial charge on any atom is -0.342 e. The average molecular weight is 474 g/mol. The molecular formula is C21H24BrN5O3. The van der Waals surface area contributed by atoms with E-state index in [0.717, 1.165) is 30.3 Å². The van der Waals surface area contributed by atoms with Crippen molar-refractivity contribution >= 4 is 45.2 Å². The summed E-state index contributed by atoms with van der Waals surface area (Å²) in [6, 6.07) is 7.23. The van der Waals surface area contributed by atoms with Gasteiger partial charge in [0.2, 0.25) is 11.8 Å². The first-order valence-electron chi connectivity index (χ1n) is 10.1. The van der Waals surface area contributed by atoms with E-state index in [-0.39, 0.29) is 29.6 Å². The molecule has 1 aromatic carbocycles. The van der Waals surface area contributed by atoms with Gasteiger partial charge < -0.3 is 15.5 Å². The highest BCUT2D eigenvalue weighted by molar-refractivity contribution is 9.10. The molecule has 1 saturated heterocycles. The van der Waals surface area contributed by atoms with E-state index in [2.05, 4.69) is 31.7 Å². The Balaban J connectivity index is 1.35. The van der Waals surface area contributed by atoms with E-state index in [9.17, 15) is 14.4 Å². The molecule has 30 heavy (non-hydrogen) atoms. The first-order valence-corrected chi connectivity index (χ1v) is 10.9. The Morgan fingerprint density at radius 1 is 1.13 bits per heavy atom. The number of rotatable bonds is 6. The number of nitrogens with zero attached hydrogens (tertiary/aromatic N) is 3. The normalized spacial score (nSPS) is 18.3. The average Bonchev–Trinajstić information content (AvgIpc) is 3.37. The summed E-state index contributed by atoms with van der Waals surface area (Å²) in [5.41, 5.74) is 0.946. The van der Waals surface area contributed by atoms with Crippen LogP contribution in [-0.2, 0) is 16.6 Å². The van der Waals surface area contributed by atoms with Gasteiger partial charge in [-0.25, -0.2) is 0 Å². The first-order chi connectivity index (χ1) is 14.4. The summed E-state index contributed by atoms with van der Waals surface area (Å²) < 4.78 is 2.39. The van der Waals surface area contributed by atoms with Gasteiger partial charge in [0, 0.05) is 42.6 Å². The minimum atomic E-state index is -0.345. The molecule has 4 rings (SSSR count). The molecule has 2 aliphatic rings. The maximum atomic E-state index is 12.7. The topological polar surface area (TPSA) is 96.3 Å². The number of hydrogen-bond donors (Lipinski definition) is 2. The summed E-state index contributed by atoms with van der Waals surface area (Å²) in [5.74, 6) is 0.416. The molecule has 8 nitrogen and oxygen atoms in total. The Kier molecular flexibility index (Phi) is 5.90. The molecule has 1 aliphatic heterocycles. The summed E-state index contributed by atoms with van der Waals surface area (Å²) in [6.45, 7) is 1.35. The molecule has 2 aromatic rings. The van der Waals surface area contributed by atoms with Crippen LogP contribution in [0.25, 0.3) is 0 Å². The number of aryl methyl sites for hydroxylation is 1. The van der Waals surface area contributed by atoms with E-state index in [1.807, 2.05) is 17.0 Å². The largest absolute Gasteiger partial charge is 0.342 e. The van der Waals surface area contributed by atoms with Gasteiger partial charge in [-0.05, 0) is 49.4 Å². The van der Waals surface area contributed by atoms with E-state index in [1.54, 1.807) is 19.2 Å². The third-order valence-electron chi connectivity index (χ3n) is 5.54. The molecule has 2 N–H and O–H groups in total. The predicted molar refractivity (Wildman–Crippen MR) is 116 cm³/mol. The molecule has 1 aliphatic carbocycles. The molecule has 3 amide bonds. The molecule has 2 fully saturated rings. The first kappa shape index (κ1) is 20.6. The number of amides is 3. The number of nitrogens with one attached hydrogen (secondary N) is 2. The fourth-order valence-corrected chi connectivity index (χ4v) is 3.98. The molecular weight excluding hydrogens is 450 g/mol. The van der Waals surface area contributed by atoms with Gasteiger partial charge in [0.25, 0.3) is 5.91 Å². The number of aromatic nitrogens is 2. The standard InChI is InChI=1S/C21H24BrN5O3/c1-26-19(17(11-23-26)20(29)24-16-6-4-15(22)5-7-16)25-18(28)10-13-8-9-27(12-13)21(30)14-2-3-14/h4-7,11,13-14H,2-3,8-10,12H2,1H3,(H,24,29)(H,25,28)/t13-/m0/s1. The van der Waals surface area contributed by atoms with Crippen LogP contribution in [0.4, 0.5) is 11.5 Å². The lowest BCUT2D eigenvalue weighted by atomic mass is 10.0. The van der Waals surface area contributed by atoms with Crippen LogP contribution >= 0.6 is 15.9 Å². The van der Waals surface area contributed by atoms with Crippen LogP contribution in [-0.4, -0.2) is 45.5 Å². The highest BCUT2D eigenvalue weighted by Crippen LogP contribution is 2.33. The Hall–Kier alpha value is -2.68. The molecule has 0 radical (unpaired) electrons. The molecule has 2 heterocycles. The van der Waals surface area contributed by atoms with E-state index in [4.69, 9.17) is 0 Å². The zero-order valence-corrected chi connectivity index (χ0v) is 18.3. The number of carbonyl (C=O) groups excluding carboxylic acids is 3. The van der Waals surface area contributed by atoms with Gasteiger partial charge in [0.1, 0.15) is 11.4 Å². The van der Waals surface area contributed by atoms with Crippen LogP contribution in [0.2, 0.25) is 0 Å². The zero-order chi connectivity index (χ0) is 21.3. The lowest BCUT2D eigenvalue weighted by Gasteiger charge is -2.16. The van der Waals surface area contributed by atoms with E-state index < -0.39 is 0 Å². The van der Waals surface area contributed by atoms with Gasteiger partial charge >= 0.3 is 0 Å². The van der Waals surface area contributed by atoms with Gasteiger partial charge in [0.15, 0.2) is 0 Å². The van der Waals surface area contributed by atoms with Gasteiger partial charge in [0.05, 0.1) is 6.20 Å². The summed E-state index contributed by atoms with van der Waals surface area (Å²) in [7, 11) is 1.68. The summed E-state index contributed by atoms with van der Waals surface area (Å²) in [4.78, 5) is 39.4. The number of carbonyl (C=O) groups is 3. The van der Waals surface area contributed by atoms with Crippen LogP contribution in [0.15, 0.2) is 34.9 Å². The third kappa shape index (κ3) is 4.72. The molecule has 0 unspecified atom stereocenters. The maximum Gasteiger partial charge on any atom is 0.261 e. The Morgan fingerprint density at radius 3 is 2.57 bits per heavy atom. The Bertz CT molecular complexity index is 968. The lowest BCUT2D eigenvalue weighted by Crippen LogP contribution is -2.30. The number of halogens is 1. The van der Waals surface area contributed by atoms with Crippen LogP contribution in [0.3, 0.4) is 0 Å². The summed E-state index contributed by atoms with van der Waals surface area (Å²) >= 11 is 3.36. The van der Waals surface area contributed by atoms with Gasteiger partial charge in [-0.2, -0.15) is 5.10 Å². The van der Waals surface area contributed by atoms with E-state index in [1.165, 1.54) is 10.9 Å².